The Morgan fingerprint density at radius 1 is 1.19 bits per heavy atom. The van der Waals surface area contributed by atoms with Crippen molar-refractivity contribution in [2.45, 2.75) is 19.4 Å². The van der Waals surface area contributed by atoms with E-state index in [1.54, 1.807) is 0 Å². The zero-order valence-electron chi connectivity index (χ0n) is 14.1. The molecular formula is C16H18F2N6O2. The average molecular weight is 364 g/mol. The molecule has 10 heteroatoms. The van der Waals surface area contributed by atoms with Crippen molar-refractivity contribution in [3.05, 3.63) is 35.7 Å². The lowest BCUT2D eigenvalue weighted by Gasteiger charge is -2.16. The standard InChI is InChI=1S/C16H18F2N6O2/c1-26-16-22-13(21-14(23-16)24-6-2-3-7-24)9-19-15(25)20-10-4-5-11(17)12(18)8-10/h4-5,8H,2-3,6-7,9H2,1H3,(H2,19,20,25). The number of aromatic nitrogens is 3. The van der Waals surface area contributed by atoms with Crippen LogP contribution in [0, 0.1) is 11.6 Å². The van der Waals surface area contributed by atoms with Crippen LogP contribution in [0.2, 0.25) is 0 Å². The highest BCUT2D eigenvalue weighted by molar-refractivity contribution is 5.89. The minimum Gasteiger partial charge on any atom is -0.467 e. The zero-order chi connectivity index (χ0) is 18.5. The molecule has 0 bridgehead atoms. The lowest BCUT2D eigenvalue weighted by atomic mass is 10.3. The van der Waals surface area contributed by atoms with Crippen molar-refractivity contribution in [3.8, 4) is 6.01 Å². The van der Waals surface area contributed by atoms with Crippen molar-refractivity contribution in [2.24, 2.45) is 0 Å². The van der Waals surface area contributed by atoms with Crippen LogP contribution in [0.3, 0.4) is 0 Å². The van der Waals surface area contributed by atoms with Crippen LogP contribution in [-0.4, -0.2) is 41.2 Å². The summed E-state index contributed by atoms with van der Waals surface area (Å²) in [7, 11) is 1.45. The van der Waals surface area contributed by atoms with Gasteiger partial charge in [0, 0.05) is 24.8 Å². The van der Waals surface area contributed by atoms with Gasteiger partial charge in [0.25, 0.3) is 0 Å². The number of ether oxygens (including phenoxy) is 1. The van der Waals surface area contributed by atoms with Gasteiger partial charge in [0.15, 0.2) is 17.5 Å². The van der Waals surface area contributed by atoms with Crippen molar-refractivity contribution in [3.63, 3.8) is 0 Å². The van der Waals surface area contributed by atoms with Gasteiger partial charge < -0.3 is 20.3 Å². The molecule has 1 saturated heterocycles. The second kappa shape index (κ2) is 7.89. The first-order valence-electron chi connectivity index (χ1n) is 8.09. The molecule has 0 atom stereocenters. The molecule has 1 aromatic heterocycles. The maximum Gasteiger partial charge on any atom is 0.321 e. The molecule has 0 saturated carbocycles. The number of benzene rings is 1. The summed E-state index contributed by atoms with van der Waals surface area (Å²) in [6.45, 7) is 1.74. The van der Waals surface area contributed by atoms with Crippen molar-refractivity contribution in [1.29, 1.82) is 0 Å². The zero-order valence-corrected chi connectivity index (χ0v) is 14.1. The third-order valence-electron chi connectivity index (χ3n) is 3.81. The molecule has 1 aliphatic rings. The summed E-state index contributed by atoms with van der Waals surface area (Å²) < 4.78 is 31.2. The van der Waals surface area contributed by atoms with Crippen molar-refractivity contribution in [1.82, 2.24) is 20.3 Å². The van der Waals surface area contributed by atoms with Gasteiger partial charge in [0.2, 0.25) is 5.95 Å². The summed E-state index contributed by atoms with van der Waals surface area (Å²) in [4.78, 5) is 26.6. The normalized spacial score (nSPS) is 13.6. The van der Waals surface area contributed by atoms with Gasteiger partial charge in [-0.2, -0.15) is 15.0 Å². The number of urea groups is 1. The summed E-state index contributed by atoms with van der Waals surface area (Å²) in [6.07, 6.45) is 2.14. The molecule has 138 valence electrons. The van der Waals surface area contributed by atoms with Crippen LogP contribution in [0.5, 0.6) is 6.01 Å². The van der Waals surface area contributed by atoms with E-state index in [0.717, 1.165) is 38.1 Å². The van der Waals surface area contributed by atoms with Crippen molar-refractivity contribution < 1.29 is 18.3 Å². The summed E-state index contributed by atoms with van der Waals surface area (Å²) in [5.41, 5.74) is 0.132. The number of nitrogens with zero attached hydrogens (tertiary/aromatic N) is 4. The van der Waals surface area contributed by atoms with E-state index in [1.807, 2.05) is 4.90 Å². The van der Waals surface area contributed by atoms with Crippen LogP contribution >= 0.6 is 0 Å². The molecule has 1 fully saturated rings. The summed E-state index contributed by atoms with van der Waals surface area (Å²) in [6, 6.07) is 2.66. The van der Waals surface area contributed by atoms with Crippen LogP contribution in [-0.2, 0) is 6.54 Å². The highest BCUT2D eigenvalue weighted by Crippen LogP contribution is 2.18. The Labute approximate surface area is 148 Å². The predicted molar refractivity (Wildman–Crippen MR) is 90.0 cm³/mol. The topological polar surface area (TPSA) is 92.3 Å². The van der Waals surface area contributed by atoms with E-state index >= 15 is 0 Å². The van der Waals surface area contributed by atoms with E-state index in [0.29, 0.717) is 11.8 Å². The second-order valence-electron chi connectivity index (χ2n) is 5.67. The van der Waals surface area contributed by atoms with Crippen LogP contribution < -0.4 is 20.3 Å². The first-order valence-corrected chi connectivity index (χ1v) is 8.09. The van der Waals surface area contributed by atoms with Crippen LogP contribution in [0.15, 0.2) is 18.2 Å². The van der Waals surface area contributed by atoms with Gasteiger partial charge in [-0.1, -0.05) is 0 Å². The molecule has 0 unspecified atom stereocenters. The number of carbonyl (C=O) groups excluding carboxylic acids is 1. The molecule has 1 aromatic carbocycles. The van der Waals surface area contributed by atoms with E-state index in [-0.39, 0.29) is 18.2 Å². The number of rotatable bonds is 5. The van der Waals surface area contributed by atoms with Crippen molar-refractivity contribution >= 4 is 17.7 Å². The highest BCUT2D eigenvalue weighted by Gasteiger charge is 2.18. The van der Waals surface area contributed by atoms with Gasteiger partial charge in [-0.05, 0) is 25.0 Å². The quantitative estimate of drug-likeness (QED) is 0.844. The maximum absolute atomic E-state index is 13.2. The van der Waals surface area contributed by atoms with Crippen LogP contribution in [0.1, 0.15) is 18.7 Å². The fourth-order valence-corrected chi connectivity index (χ4v) is 2.52. The smallest absolute Gasteiger partial charge is 0.321 e. The third kappa shape index (κ3) is 4.32. The first-order chi connectivity index (χ1) is 12.5. The predicted octanol–water partition coefficient (Wildman–Crippen LogP) is 2.08. The fraction of sp³-hybridized carbons (Fsp3) is 0.375. The van der Waals surface area contributed by atoms with Gasteiger partial charge in [-0.15, -0.1) is 0 Å². The Morgan fingerprint density at radius 2 is 1.96 bits per heavy atom. The van der Waals surface area contributed by atoms with E-state index in [2.05, 4.69) is 25.6 Å². The van der Waals surface area contributed by atoms with Gasteiger partial charge in [-0.25, -0.2) is 13.6 Å². The molecular weight excluding hydrogens is 346 g/mol. The highest BCUT2D eigenvalue weighted by atomic mass is 19.2. The minimum atomic E-state index is -1.04. The summed E-state index contributed by atoms with van der Waals surface area (Å²) in [5.74, 6) is -1.19. The first kappa shape index (κ1) is 17.8. The Hall–Kier alpha value is -3.04. The molecule has 3 rings (SSSR count). The lowest BCUT2D eigenvalue weighted by molar-refractivity contribution is 0.251. The fourth-order valence-electron chi connectivity index (χ4n) is 2.52. The number of amides is 2. The molecule has 2 amide bonds. The van der Waals surface area contributed by atoms with Gasteiger partial charge in [0.1, 0.15) is 0 Å². The van der Waals surface area contributed by atoms with Gasteiger partial charge in [-0.3, -0.25) is 0 Å². The van der Waals surface area contributed by atoms with Crippen LogP contribution in [0.25, 0.3) is 0 Å². The number of halogens is 2. The minimum absolute atomic E-state index is 0.0230. The number of hydrogen-bond acceptors (Lipinski definition) is 6. The van der Waals surface area contributed by atoms with E-state index in [9.17, 15) is 13.6 Å². The second-order valence-corrected chi connectivity index (χ2v) is 5.67. The number of anilines is 2. The molecule has 2 N–H and O–H groups in total. The number of nitrogens with one attached hydrogen (secondary N) is 2. The number of hydrogen-bond donors (Lipinski definition) is 2. The molecule has 2 aromatic rings. The van der Waals surface area contributed by atoms with E-state index in [4.69, 9.17) is 4.74 Å². The molecule has 8 nitrogen and oxygen atoms in total. The molecule has 1 aliphatic heterocycles. The maximum atomic E-state index is 13.2. The average Bonchev–Trinajstić information content (AvgIpc) is 3.17. The molecule has 0 spiro atoms. The SMILES string of the molecule is COc1nc(CNC(=O)Nc2ccc(F)c(F)c2)nc(N2CCCC2)n1. The van der Waals surface area contributed by atoms with E-state index in [1.165, 1.54) is 13.2 Å². The summed E-state index contributed by atoms with van der Waals surface area (Å²) >= 11 is 0. The number of methoxy groups -OCH3 is 1. The van der Waals surface area contributed by atoms with Crippen LogP contribution in [0.4, 0.5) is 25.2 Å². The molecule has 2 heterocycles. The Kier molecular flexibility index (Phi) is 5.40. The third-order valence-corrected chi connectivity index (χ3v) is 3.81. The monoisotopic (exact) mass is 364 g/mol. The van der Waals surface area contributed by atoms with Crippen molar-refractivity contribution in [2.75, 3.05) is 30.4 Å². The Morgan fingerprint density at radius 3 is 2.65 bits per heavy atom. The van der Waals surface area contributed by atoms with E-state index < -0.39 is 17.7 Å². The number of carbonyl (C=O) groups is 1. The summed E-state index contributed by atoms with van der Waals surface area (Å²) in [5, 5.41) is 4.97. The lowest BCUT2D eigenvalue weighted by Crippen LogP contribution is -2.30. The Bertz CT molecular complexity index is 798. The van der Waals surface area contributed by atoms with Gasteiger partial charge >= 0.3 is 12.0 Å². The Balaban J connectivity index is 1.63. The largest absolute Gasteiger partial charge is 0.467 e. The van der Waals surface area contributed by atoms with Gasteiger partial charge in [0.05, 0.1) is 13.7 Å². The molecule has 0 aliphatic carbocycles. The molecule has 26 heavy (non-hydrogen) atoms. The molecule has 0 radical (unpaired) electrons.